The van der Waals surface area contributed by atoms with Gasteiger partial charge in [0.15, 0.2) is 0 Å². The molecule has 0 fully saturated rings. The van der Waals surface area contributed by atoms with Gasteiger partial charge in [-0.05, 0) is 23.8 Å². The summed E-state index contributed by atoms with van der Waals surface area (Å²) in [7, 11) is 0. The third-order valence-corrected chi connectivity index (χ3v) is 3.40. The van der Waals surface area contributed by atoms with Crippen LogP contribution in [0.2, 0.25) is 0 Å². The van der Waals surface area contributed by atoms with E-state index in [2.05, 4.69) is 36.7 Å². The van der Waals surface area contributed by atoms with Crippen molar-refractivity contribution in [2.75, 3.05) is 0 Å². The standard InChI is InChI=1S/C12H18N2S/c1-3-5-10(2)12(8-13)14-9-11-6-4-7-15-11/h4,6-7,10,12,14H,3,5,9H2,1-2H3. The van der Waals surface area contributed by atoms with Crippen LogP contribution in [0.3, 0.4) is 0 Å². The molecule has 2 atom stereocenters. The minimum absolute atomic E-state index is 0.0213. The Morgan fingerprint density at radius 1 is 1.60 bits per heavy atom. The normalized spacial score (nSPS) is 14.5. The molecule has 2 unspecified atom stereocenters. The molecule has 0 saturated heterocycles. The second kappa shape index (κ2) is 6.60. The van der Waals surface area contributed by atoms with Gasteiger partial charge < -0.3 is 0 Å². The molecule has 0 aromatic carbocycles. The lowest BCUT2D eigenvalue weighted by molar-refractivity contribution is 0.413. The Hall–Kier alpha value is -0.850. The molecule has 2 nitrogen and oxygen atoms in total. The minimum atomic E-state index is -0.0213. The zero-order valence-corrected chi connectivity index (χ0v) is 10.2. The monoisotopic (exact) mass is 222 g/mol. The van der Waals surface area contributed by atoms with Crippen LogP contribution in [0.5, 0.6) is 0 Å². The third-order valence-electron chi connectivity index (χ3n) is 2.53. The maximum absolute atomic E-state index is 9.04. The van der Waals surface area contributed by atoms with Crippen molar-refractivity contribution in [3.63, 3.8) is 0 Å². The number of nitriles is 1. The van der Waals surface area contributed by atoms with Gasteiger partial charge in [0.25, 0.3) is 0 Å². The summed E-state index contributed by atoms with van der Waals surface area (Å²) in [5.41, 5.74) is 0. The fraction of sp³-hybridized carbons (Fsp3) is 0.583. The van der Waals surface area contributed by atoms with Gasteiger partial charge >= 0.3 is 0 Å². The average molecular weight is 222 g/mol. The van der Waals surface area contributed by atoms with Crippen LogP contribution in [-0.2, 0) is 6.54 Å². The first-order chi connectivity index (χ1) is 7.27. The number of thiophene rings is 1. The number of hydrogen-bond acceptors (Lipinski definition) is 3. The largest absolute Gasteiger partial charge is 0.297 e. The third kappa shape index (κ3) is 4.03. The minimum Gasteiger partial charge on any atom is -0.297 e. The molecule has 0 spiro atoms. The SMILES string of the molecule is CCCC(C)C(C#N)NCc1cccs1. The van der Waals surface area contributed by atoms with Crippen molar-refractivity contribution in [1.29, 1.82) is 5.26 Å². The molecule has 0 aliphatic carbocycles. The molecule has 1 rings (SSSR count). The summed E-state index contributed by atoms with van der Waals surface area (Å²) >= 11 is 1.73. The van der Waals surface area contributed by atoms with Crippen LogP contribution in [-0.4, -0.2) is 6.04 Å². The molecular weight excluding hydrogens is 204 g/mol. The molecule has 1 N–H and O–H groups in total. The van der Waals surface area contributed by atoms with E-state index in [1.165, 1.54) is 4.88 Å². The van der Waals surface area contributed by atoms with E-state index >= 15 is 0 Å². The molecule has 1 heterocycles. The molecular formula is C12H18N2S. The van der Waals surface area contributed by atoms with Gasteiger partial charge in [-0.3, -0.25) is 5.32 Å². The van der Waals surface area contributed by atoms with E-state index in [1.807, 2.05) is 6.07 Å². The van der Waals surface area contributed by atoms with E-state index in [0.29, 0.717) is 5.92 Å². The van der Waals surface area contributed by atoms with Crippen LogP contribution in [0.15, 0.2) is 17.5 Å². The molecule has 1 aromatic heterocycles. The lowest BCUT2D eigenvalue weighted by atomic mass is 9.98. The molecule has 0 radical (unpaired) electrons. The molecule has 82 valence electrons. The van der Waals surface area contributed by atoms with Gasteiger partial charge in [0, 0.05) is 11.4 Å². The Morgan fingerprint density at radius 2 is 2.40 bits per heavy atom. The summed E-state index contributed by atoms with van der Waals surface area (Å²) < 4.78 is 0. The maximum Gasteiger partial charge on any atom is 0.0981 e. The topological polar surface area (TPSA) is 35.8 Å². The second-order valence-electron chi connectivity index (χ2n) is 3.83. The predicted molar refractivity (Wildman–Crippen MR) is 64.6 cm³/mol. The second-order valence-corrected chi connectivity index (χ2v) is 4.87. The first-order valence-electron chi connectivity index (χ1n) is 5.43. The maximum atomic E-state index is 9.04. The van der Waals surface area contributed by atoms with E-state index in [4.69, 9.17) is 5.26 Å². The van der Waals surface area contributed by atoms with Gasteiger partial charge in [-0.1, -0.05) is 26.3 Å². The number of rotatable bonds is 6. The van der Waals surface area contributed by atoms with Crippen molar-refractivity contribution >= 4 is 11.3 Å². The molecule has 1 aromatic rings. The first-order valence-corrected chi connectivity index (χ1v) is 6.31. The van der Waals surface area contributed by atoms with Gasteiger partial charge in [0.05, 0.1) is 12.1 Å². The van der Waals surface area contributed by atoms with E-state index in [9.17, 15) is 0 Å². The van der Waals surface area contributed by atoms with Crippen molar-refractivity contribution in [3.05, 3.63) is 22.4 Å². The Labute approximate surface area is 95.9 Å². The molecule has 15 heavy (non-hydrogen) atoms. The fourth-order valence-corrected chi connectivity index (χ4v) is 2.28. The van der Waals surface area contributed by atoms with Crippen LogP contribution >= 0.6 is 11.3 Å². The molecule has 0 aliphatic rings. The Morgan fingerprint density at radius 3 is 2.93 bits per heavy atom. The Bertz CT molecular complexity index is 300. The van der Waals surface area contributed by atoms with Crippen molar-refractivity contribution in [1.82, 2.24) is 5.32 Å². The van der Waals surface area contributed by atoms with Crippen molar-refractivity contribution in [2.24, 2.45) is 5.92 Å². The Balaban J connectivity index is 2.38. The highest BCUT2D eigenvalue weighted by molar-refractivity contribution is 7.09. The smallest absolute Gasteiger partial charge is 0.0981 e. The molecule has 0 bridgehead atoms. The molecule has 3 heteroatoms. The highest BCUT2D eigenvalue weighted by atomic mass is 32.1. The molecule has 0 amide bonds. The van der Waals surface area contributed by atoms with Gasteiger partial charge in [0.1, 0.15) is 0 Å². The summed E-state index contributed by atoms with van der Waals surface area (Å²) in [6.45, 7) is 5.10. The van der Waals surface area contributed by atoms with E-state index in [1.54, 1.807) is 11.3 Å². The van der Waals surface area contributed by atoms with Crippen molar-refractivity contribution in [2.45, 2.75) is 39.3 Å². The van der Waals surface area contributed by atoms with Gasteiger partial charge in [-0.25, -0.2) is 0 Å². The van der Waals surface area contributed by atoms with Crippen LogP contribution in [0, 0.1) is 17.2 Å². The predicted octanol–water partition coefficient (Wildman–Crippen LogP) is 3.17. The summed E-state index contributed by atoms with van der Waals surface area (Å²) in [5.74, 6) is 0.431. The van der Waals surface area contributed by atoms with Crippen molar-refractivity contribution < 1.29 is 0 Å². The summed E-state index contributed by atoms with van der Waals surface area (Å²) in [4.78, 5) is 1.29. The first kappa shape index (κ1) is 12.2. The van der Waals surface area contributed by atoms with E-state index in [-0.39, 0.29) is 6.04 Å². The number of nitrogens with zero attached hydrogens (tertiary/aromatic N) is 1. The molecule has 0 aliphatic heterocycles. The van der Waals surface area contributed by atoms with E-state index in [0.717, 1.165) is 19.4 Å². The summed E-state index contributed by atoms with van der Waals surface area (Å²) in [6.07, 6.45) is 2.25. The average Bonchev–Trinajstić information content (AvgIpc) is 2.72. The zero-order chi connectivity index (χ0) is 11.1. The molecule has 0 saturated carbocycles. The zero-order valence-electron chi connectivity index (χ0n) is 9.36. The van der Waals surface area contributed by atoms with Gasteiger partial charge in [-0.15, -0.1) is 11.3 Å². The number of hydrogen-bond donors (Lipinski definition) is 1. The highest BCUT2D eigenvalue weighted by Crippen LogP contribution is 2.12. The summed E-state index contributed by atoms with van der Waals surface area (Å²) in [6, 6.07) is 6.46. The fourth-order valence-electron chi connectivity index (χ4n) is 1.62. The van der Waals surface area contributed by atoms with E-state index < -0.39 is 0 Å². The summed E-state index contributed by atoms with van der Waals surface area (Å²) in [5, 5.41) is 14.4. The van der Waals surface area contributed by atoms with Crippen LogP contribution in [0.1, 0.15) is 31.6 Å². The lowest BCUT2D eigenvalue weighted by Crippen LogP contribution is -2.32. The highest BCUT2D eigenvalue weighted by Gasteiger charge is 2.14. The quantitative estimate of drug-likeness (QED) is 0.802. The van der Waals surface area contributed by atoms with Crippen LogP contribution < -0.4 is 5.32 Å². The number of nitrogens with one attached hydrogen (secondary N) is 1. The van der Waals surface area contributed by atoms with Crippen LogP contribution in [0.4, 0.5) is 0 Å². The lowest BCUT2D eigenvalue weighted by Gasteiger charge is -2.17. The Kier molecular flexibility index (Phi) is 5.38. The van der Waals surface area contributed by atoms with Crippen molar-refractivity contribution in [3.8, 4) is 6.07 Å². The van der Waals surface area contributed by atoms with Gasteiger partial charge in [-0.2, -0.15) is 5.26 Å². The van der Waals surface area contributed by atoms with Gasteiger partial charge in [0.2, 0.25) is 0 Å². The van der Waals surface area contributed by atoms with Crippen LogP contribution in [0.25, 0.3) is 0 Å².